The Hall–Kier alpha value is -1.88. The van der Waals surface area contributed by atoms with Gasteiger partial charge in [-0.15, -0.1) is 11.3 Å². The second-order valence-corrected chi connectivity index (χ2v) is 5.15. The van der Waals surface area contributed by atoms with Crippen LogP contribution in [0.5, 0.6) is 5.75 Å². The SMILES string of the molecule is COc1ccc(N(C)C(=O)Cc2nc(C)cs2)cc1. The smallest absolute Gasteiger partial charge is 0.233 e. The third kappa shape index (κ3) is 3.32. The van der Waals surface area contributed by atoms with Crippen LogP contribution >= 0.6 is 11.3 Å². The Kier molecular flexibility index (Phi) is 4.16. The number of aryl methyl sites for hydroxylation is 1. The summed E-state index contributed by atoms with van der Waals surface area (Å²) in [6.07, 6.45) is 0.334. The van der Waals surface area contributed by atoms with E-state index in [4.69, 9.17) is 4.74 Å². The third-order valence-corrected chi connectivity index (χ3v) is 3.77. The molecule has 2 aromatic rings. The second kappa shape index (κ2) is 5.84. The Bertz CT molecular complexity index is 563. The van der Waals surface area contributed by atoms with Crippen LogP contribution in [0.15, 0.2) is 29.6 Å². The topological polar surface area (TPSA) is 42.4 Å². The van der Waals surface area contributed by atoms with Crippen molar-refractivity contribution in [2.45, 2.75) is 13.3 Å². The quantitative estimate of drug-likeness (QED) is 0.862. The molecule has 100 valence electrons. The zero-order valence-electron chi connectivity index (χ0n) is 11.2. The number of rotatable bonds is 4. The fourth-order valence-corrected chi connectivity index (χ4v) is 2.44. The van der Waals surface area contributed by atoms with Gasteiger partial charge in [-0.1, -0.05) is 0 Å². The summed E-state index contributed by atoms with van der Waals surface area (Å²) < 4.78 is 5.10. The summed E-state index contributed by atoms with van der Waals surface area (Å²) in [6, 6.07) is 7.41. The minimum atomic E-state index is 0.0273. The molecule has 4 nitrogen and oxygen atoms in total. The number of carbonyl (C=O) groups is 1. The van der Waals surface area contributed by atoms with Crippen molar-refractivity contribution >= 4 is 22.9 Å². The lowest BCUT2D eigenvalue weighted by Crippen LogP contribution is -2.27. The minimum absolute atomic E-state index is 0.0273. The van der Waals surface area contributed by atoms with Crippen LogP contribution in [-0.2, 0) is 11.2 Å². The lowest BCUT2D eigenvalue weighted by atomic mass is 10.2. The van der Waals surface area contributed by atoms with E-state index >= 15 is 0 Å². The van der Waals surface area contributed by atoms with Crippen molar-refractivity contribution in [2.75, 3.05) is 19.1 Å². The molecule has 19 heavy (non-hydrogen) atoms. The molecule has 1 aromatic heterocycles. The molecule has 0 bridgehead atoms. The van der Waals surface area contributed by atoms with Gasteiger partial charge in [0, 0.05) is 23.8 Å². The highest BCUT2D eigenvalue weighted by molar-refractivity contribution is 7.09. The molecule has 0 saturated carbocycles. The summed E-state index contributed by atoms with van der Waals surface area (Å²) in [5, 5.41) is 2.80. The number of hydrogen-bond donors (Lipinski definition) is 0. The molecule has 0 atom stereocenters. The van der Waals surface area contributed by atoms with Gasteiger partial charge >= 0.3 is 0 Å². The number of ether oxygens (including phenoxy) is 1. The predicted molar refractivity (Wildman–Crippen MR) is 77.0 cm³/mol. The maximum absolute atomic E-state index is 12.1. The molecule has 1 aromatic carbocycles. The monoisotopic (exact) mass is 276 g/mol. The summed E-state index contributed by atoms with van der Waals surface area (Å²) in [7, 11) is 3.39. The second-order valence-electron chi connectivity index (χ2n) is 4.21. The van der Waals surface area contributed by atoms with E-state index in [1.807, 2.05) is 36.6 Å². The Morgan fingerprint density at radius 2 is 2.05 bits per heavy atom. The molecule has 0 radical (unpaired) electrons. The number of nitrogens with zero attached hydrogens (tertiary/aromatic N) is 2. The molecule has 0 saturated heterocycles. The van der Waals surface area contributed by atoms with E-state index < -0.39 is 0 Å². The molecule has 0 aliphatic heterocycles. The first-order chi connectivity index (χ1) is 9.10. The van der Waals surface area contributed by atoms with Gasteiger partial charge in [0.15, 0.2) is 0 Å². The number of benzene rings is 1. The lowest BCUT2D eigenvalue weighted by molar-refractivity contribution is -0.117. The molecule has 5 heteroatoms. The standard InChI is InChI=1S/C14H16N2O2S/c1-10-9-19-13(15-10)8-14(17)16(2)11-4-6-12(18-3)7-5-11/h4-7,9H,8H2,1-3H3. The molecule has 0 unspecified atom stereocenters. The molecule has 0 aliphatic rings. The minimum Gasteiger partial charge on any atom is -0.497 e. The number of hydrogen-bond acceptors (Lipinski definition) is 4. The van der Waals surface area contributed by atoms with E-state index in [-0.39, 0.29) is 5.91 Å². The van der Waals surface area contributed by atoms with Gasteiger partial charge in [0.25, 0.3) is 0 Å². The van der Waals surface area contributed by atoms with Gasteiger partial charge in [0.1, 0.15) is 10.8 Å². The molecule has 0 fully saturated rings. The largest absolute Gasteiger partial charge is 0.497 e. The van der Waals surface area contributed by atoms with Gasteiger partial charge in [-0.3, -0.25) is 4.79 Å². The van der Waals surface area contributed by atoms with Gasteiger partial charge in [0.05, 0.1) is 13.5 Å². The van der Waals surface area contributed by atoms with E-state index in [2.05, 4.69) is 4.98 Å². The summed E-state index contributed by atoms with van der Waals surface area (Å²) >= 11 is 1.52. The van der Waals surface area contributed by atoms with Crippen LogP contribution in [0.2, 0.25) is 0 Å². The van der Waals surface area contributed by atoms with Crippen LogP contribution in [0.4, 0.5) is 5.69 Å². The Balaban J connectivity index is 2.05. The van der Waals surface area contributed by atoms with Crippen molar-refractivity contribution in [1.29, 1.82) is 0 Å². The van der Waals surface area contributed by atoms with Gasteiger partial charge in [-0.2, -0.15) is 0 Å². The summed E-state index contributed by atoms with van der Waals surface area (Å²) in [5.74, 6) is 0.805. The van der Waals surface area contributed by atoms with Crippen LogP contribution in [0.3, 0.4) is 0 Å². The first-order valence-corrected chi connectivity index (χ1v) is 6.79. The Labute approximate surface area is 116 Å². The first kappa shape index (κ1) is 13.5. The first-order valence-electron chi connectivity index (χ1n) is 5.92. The van der Waals surface area contributed by atoms with Crippen molar-refractivity contribution in [3.63, 3.8) is 0 Å². The number of methoxy groups -OCH3 is 1. The highest BCUT2D eigenvalue weighted by Gasteiger charge is 2.13. The van der Waals surface area contributed by atoms with E-state index in [0.29, 0.717) is 6.42 Å². The van der Waals surface area contributed by atoms with Crippen molar-refractivity contribution in [3.05, 3.63) is 40.3 Å². The number of aromatic nitrogens is 1. The average molecular weight is 276 g/mol. The molecule has 1 heterocycles. The van der Waals surface area contributed by atoms with Crippen LogP contribution in [0, 0.1) is 6.92 Å². The molecule has 0 aliphatic carbocycles. The lowest BCUT2D eigenvalue weighted by Gasteiger charge is -2.17. The number of likely N-dealkylation sites (N-methyl/N-ethyl adjacent to an activating group) is 1. The highest BCUT2D eigenvalue weighted by Crippen LogP contribution is 2.19. The van der Waals surface area contributed by atoms with Crippen LogP contribution in [0.25, 0.3) is 0 Å². The van der Waals surface area contributed by atoms with Crippen LogP contribution in [0.1, 0.15) is 10.7 Å². The third-order valence-electron chi connectivity index (χ3n) is 2.80. The normalized spacial score (nSPS) is 10.3. The van der Waals surface area contributed by atoms with Gasteiger partial charge < -0.3 is 9.64 Å². The average Bonchev–Trinajstić information content (AvgIpc) is 2.83. The van der Waals surface area contributed by atoms with Gasteiger partial charge in [0.2, 0.25) is 5.91 Å². The van der Waals surface area contributed by atoms with E-state index in [1.165, 1.54) is 11.3 Å². The number of thiazole rings is 1. The zero-order chi connectivity index (χ0) is 13.8. The predicted octanol–water partition coefficient (Wildman–Crippen LogP) is 2.67. The fourth-order valence-electron chi connectivity index (χ4n) is 1.68. The van der Waals surface area contributed by atoms with Crippen LogP contribution in [-0.4, -0.2) is 25.0 Å². The number of carbonyl (C=O) groups excluding carboxylic acids is 1. The number of anilines is 1. The van der Waals surface area contributed by atoms with Crippen molar-refractivity contribution < 1.29 is 9.53 Å². The number of amides is 1. The molecular formula is C14H16N2O2S. The highest BCUT2D eigenvalue weighted by atomic mass is 32.1. The summed E-state index contributed by atoms with van der Waals surface area (Å²) in [6.45, 7) is 1.93. The summed E-state index contributed by atoms with van der Waals surface area (Å²) in [5.41, 5.74) is 1.80. The van der Waals surface area contributed by atoms with E-state index in [1.54, 1.807) is 19.1 Å². The van der Waals surface area contributed by atoms with E-state index in [9.17, 15) is 4.79 Å². The maximum Gasteiger partial charge on any atom is 0.233 e. The Morgan fingerprint density at radius 3 is 2.58 bits per heavy atom. The molecule has 2 rings (SSSR count). The van der Waals surface area contributed by atoms with Crippen LogP contribution < -0.4 is 9.64 Å². The van der Waals surface area contributed by atoms with Gasteiger partial charge in [-0.05, 0) is 31.2 Å². The van der Waals surface area contributed by atoms with E-state index in [0.717, 1.165) is 22.1 Å². The fraction of sp³-hybridized carbons (Fsp3) is 0.286. The van der Waals surface area contributed by atoms with Crippen molar-refractivity contribution in [2.24, 2.45) is 0 Å². The van der Waals surface area contributed by atoms with Crippen molar-refractivity contribution in [3.8, 4) is 5.75 Å². The molecule has 0 N–H and O–H groups in total. The maximum atomic E-state index is 12.1. The van der Waals surface area contributed by atoms with Gasteiger partial charge in [-0.25, -0.2) is 4.98 Å². The Morgan fingerprint density at radius 1 is 1.37 bits per heavy atom. The molecular weight excluding hydrogens is 260 g/mol. The van der Waals surface area contributed by atoms with Crippen molar-refractivity contribution in [1.82, 2.24) is 4.98 Å². The molecule has 0 spiro atoms. The summed E-state index contributed by atoms with van der Waals surface area (Å²) in [4.78, 5) is 18.1. The molecule has 1 amide bonds. The zero-order valence-corrected chi connectivity index (χ0v) is 12.0.